The molecule has 0 aliphatic carbocycles. The summed E-state index contributed by atoms with van der Waals surface area (Å²) in [7, 11) is -3.65. The average Bonchev–Trinajstić information content (AvgIpc) is 2.85. The average molecular weight is 345 g/mol. The van der Waals surface area contributed by atoms with Gasteiger partial charge in [-0.05, 0) is 49.4 Å². The molecule has 21 heavy (non-hydrogen) atoms. The van der Waals surface area contributed by atoms with Gasteiger partial charge in [0.2, 0.25) is 10.0 Å². The molecule has 0 radical (unpaired) electrons. The molecule has 3 N–H and O–H groups in total. The smallest absolute Gasteiger partial charge is 0.241 e. The molecular weight excluding hydrogens is 328 g/mol. The highest BCUT2D eigenvalue weighted by Crippen LogP contribution is 2.26. The van der Waals surface area contributed by atoms with Crippen LogP contribution >= 0.6 is 22.9 Å². The van der Waals surface area contributed by atoms with Crippen molar-refractivity contribution in [2.24, 2.45) is 0 Å². The highest BCUT2D eigenvalue weighted by molar-refractivity contribution is 7.89. The molecule has 2 aromatic rings. The molecule has 0 aliphatic rings. The van der Waals surface area contributed by atoms with E-state index in [9.17, 15) is 8.42 Å². The molecule has 1 aromatic heterocycles. The maximum absolute atomic E-state index is 12.5. The van der Waals surface area contributed by atoms with Crippen molar-refractivity contribution in [2.75, 3.05) is 5.73 Å². The second-order valence-electron chi connectivity index (χ2n) is 4.92. The molecule has 1 heterocycles. The lowest BCUT2D eigenvalue weighted by molar-refractivity contribution is 0.560. The lowest BCUT2D eigenvalue weighted by Crippen LogP contribution is -2.34. The molecule has 0 spiro atoms. The fraction of sp³-hybridized carbons (Fsp3) is 0.286. The Morgan fingerprint density at radius 1 is 1.43 bits per heavy atom. The molecule has 1 aromatic carbocycles. The van der Waals surface area contributed by atoms with Crippen molar-refractivity contribution < 1.29 is 8.42 Å². The third-order valence-corrected chi connectivity index (χ3v) is 5.93. The van der Waals surface area contributed by atoms with Gasteiger partial charge in [-0.15, -0.1) is 11.3 Å². The summed E-state index contributed by atoms with van der Waals surface area (Å²) in [6.45, 7) is 3.50. The van der Waals surface area contributed by atoms with E-state index in [0.717, 1.165) is 4.88 Å². The number of nitrogen functional groups attached to an aromatic ring is 1. The van der Waals surface area contributed by atoms with Crippen LogP contribution in [-0.2, 0) is 16.4 Å². The monoisotopic (exact) mass is 344 g/mol. The van der Waals surface area contributed by atoms with Gasteiger partial charge in [0.25, 0.3) is 0 Å². The first kappa shape index (κ1) is 16.3. The van der Waals surface area contributed by atoms with Crippen molar-refractivity contribution in [3.63, 3.8) is 0 Å². The van der Waals surface area contributed by atoms with Crippen LogP contribution in [0.5, 0.6) is 0 Å². The Labute approximate surface area is 134 Å². The first-order chi connectivity index (χ1) is 9.79. The fourth-order valence-corrected chi connectivity index (χ4v) is 4.72. The van der Waals surface area contributed by atoms with Gasteiger partial charge in [0.15, 0.2) is 0 Å². The third-order valence-electron chi connectivity index (χ3n) is 3.10. The van der Waals surface area contributed by atoms with Gasteiger partial charge in [-0.25, -0.2) is 13.1 Å². The number of nitrogens with one attached hydrogen (secondary N) is 1. The molecule has 0 amide bonds. The van der Waals surface area contributed by atoms with E-state index in [1.165, 1.54) is 6.07 Å². The maximum atomic E-state index is 12.5. The van der Waals surface area contributed by atoms with E-state index < -0.39 is 10.0 Å². The molecule has 0 aliphatic heterocycles. The molecular formula is C14H17ClN2O2S2. The number of benzene rings is 1. The van der Waals surface area contributed by atoms with Crippen LogP contribution in [0.4, 0.5) is 5.69 Å². The molecule has 7 heteroatoms. The van der Waals surface area contributed by atoms with Crippen LogP contribution in [0.1, 0.15) is 17.4 Å². The first-order valence-corrected chi connectivity index (χ1v) is 9.14. The van der Waals surface area contributed by atoms with E-state index in [1.807, 2.05) is 24.4 Å². The minimum atomic E-state index is -3.65. The summed E-state index contributed by atoms with van der Waals surface area (Å²) in [5.41, 5.74) is 6.66. The van der Waals surface area contributed by atoms with E-state index in [-0.39, 0.29) is 10.9 Å². The second kappa shape index (κ2) is 6.36. The number of anilines is 1. The van der Waals surface area contributed by atoms with Crippen molar-refractivity contribution >= 4 is 38.6 Å². The molecule has 0 bridgehead atoms. The molecule has 0 fully saturated rings. The first-order valence-electron chi connectivity index (χ1n) is 6.40. The van der Waals surface area contributed by atoms with Crippen LogP contribution in [-0.4, -0.2) is 14.5 Å². The summed E-state index contributed by atoms with van der Waals surface area (Å²) in [5.74, 6) is 0. The zero-order valence-electron chi connectivity index (χ0n) is 11.8. The van der Waals surface area contributed by atoms with E-state index in [2.05, 4.69) is 4.72 Å². The van der Waals surface area contributed by atoms with Gasteiger partial charge in [-0.1, -0.05) is 17.7 Å². The fourth-order valence-electron chi connectivity index (χ4n) is 2.05. The molecule has 0 saturated carbocycles. The minimum Gasteiger partial charge on any atom is -0.398 e. The van der Waals surface area contributed by atoms with Gasteiger partial charge in [0, 0.05) is 21.6 Å². The van der Waals surface area contributed by atoms with Gasteiger partial charge in [0.1, 0.15) is 0 Å². The number of halogens is 1. The molecule has 4 nitrogen and oxygen atoms in total. The summed E-state index contributed by atoms with van der Waals surface area (Å²) < 4.78 is 27.6. The van der Waals surface area contributed by atoms with Crippen molar-refractivity contribution in [3.8, 4) is 0 Å². The summed E-state index contributed by atoms with van der Waals surface area (Å²) in [4.78, 5) is 1.26. The number of nitrogens with two attached hydrogens (primary N) is 1. The standard InChI is InChI=1S/C14H17ClN2O2S2/c1-9(6-12-4-3-5-20-12)17-21(18,19)14-8-11(15)7-13(16)10(14)2/h3-5,7-9,17H,6,16H2,1-2H3. The van der Waals surface area contributed by atoms with Crippen LogP contribution in [0.3, 0.4) is 0 Å². The van der Waals surface area contributed by atoms with Crippen LogP contribution in [0.15, 0.2) is 34.5 Å². The summed E-state index contributed by atoms with van der Waals surface area (Å²) >= 11 is 7.51. The van der Waals surface area contributed by atoms with Crippen LogP contribution < -0.4 is 10.5 Å². The highest BCUT2D eigenvalue weighted by atomic mass is 35.5. The van der Waals surface area contributed by atoms with Crippen molar-refractivity contribution in [2.45, 2.75) is 31.2 Å². The maximum Gasteiger partial charge on any atom is 0.241 e. The van der Waals surface area contributed by atoms with Crippen molar-refractivity contribution in [1.29, 1.82) is 0 Å². The summed E-state index contributed by atoms with van der Waals surface area (Å²) in [6, 6.07) is 6.69. The third kappa shape index (κ3) is 3.97. The lowest BCUT2D eigenvalue weighted by Gasteiger charge is -2.16. The quantitative estimate of drug-likeness (QED) is 0.818. The topological polar surface area (TPSA) is 72.2 Å². The number of hydrogen-bond acceptors (Lipinski definition) is 4. The minimum absolute atomic E-state index is 0.130. The van der Waals surface area contributed by atoms with Crippen molar-refractivity contribution in [3.05, 3.63) is 45.1 Å². The van der Waals surface area contributed by atoms with Gasteiger partial charge in [-0.3, -0.25) is 0 Å². The van der Waals surface area contributed by atoms with Gasteiger partial charge in [-0.2, -0.15) is 0 Å². The molecule has 114 valence electrons. The Bertz CT molecular complexity index is 728. The van der Waals surface area contributed by atoms with E-state index in [0.29, 0.717) is 22.7 Å². The predicted molar refractivity (Wildman–Crippen MR) is 88.4 cm³/mol. The number of hydrogen-bond donors (Lipinski definition) is 2. The summed E-state index contributed by atoms with van der Waals surface area (Å²) in [5, 5.41) is 2.28. The van der Waals surface area contributed by atoms with E-state index in [1.54, 1.807) is 24.3 Å². The molecule has 1 unspecified atom stereocenters. The highest BCUT2D eigenvalue weighted by Gasteiger charge is 2.21. The Hall–Kier alpha value is -1.08. The molecule has 0 saturated heterocycles. The lowest BCUT2D eigenvalue weighted by atomic mass is 10.2. The van der Waals surface area contributed by atoms with Gasteiger partial charge in [0.05, 0.1) is 4.90 Å². The van der Waals surface area contributed by atoms with Crippen LogP contribution in [0, 0.1) is 6.92 Å². The van der Waals surface area contributed by atoms with E-state index in [4.69, 9.17) is 17.3 Å². The zero-order valence-corrected chi connectivity index (χ0v) is 14.1. The number of sulfonamides is 1. The Morgan fingerprint density at radius 3 is 2.76 bits per heavy atom. The molecule has 2 rings (SSSR count). The Morgan fingerprint density at radius 2 is 2.14 bits per heavy atom. The van der Waals surface area contributed by atoms with Crippen LogP contribution in [0.2, 0.25) is 5.02 Å². The SMILES string of the molecule is Cc1c(N)cc(Cl)cc1S(=O)(=O)NC(C)Cc1cccs1. The zero-order chi connectivity index (χ0) is 15.6. The van der Waals surface area contributed by atoms with Crippen LogP contribution in [0.25, 0.3) is 0 Å². The normalized spacial score (nSPS) is 13.3. The van der Waals surface area contributed by atoms with Gasteiger partial charge < -0.3 is 5.73 Å². The Kier molecular flexibility index (Phi) is 4.93. The van der Waals surface area contributed by atoms with E-state index >= 15 is 0 Å². The largest absolute Gasteiger partial charge is 0.398 e. The Balaban J connectivity index is 2.22. The molecule has 1 atom stereocenters. The number of thiophene rings is 1. The summed E-state index contributed by atoms with van der Waals surface area (Å²) in [6.07, 6.45) is 0.645. The van der Waals surface area contributed by atoms with Crippen molar-refractivity contribution in [1.82, 2.24) is 4.72 Å². The second-order valence-corrected chi connectivity index (χ2v) is 8.08. The predicted octanol–water partition coefficient (Wildman–Crippen LogP) is 3.20. The number of rotatable bonds is 5. The van der Waals surface area contributed by atoms with Gasteiger partial charge >= 0.3 is 0 Å².